The summed E-state index contributed by atoms with van der Waals surface area (Å²) in [4.78, 5) is 11.0. The van der Waals surface area contributed by atoms with Crippen LogP contribution in [0, 0.1) is 0 Å². The van der Waals surface area contributed by atoms with Crippen LogP contribution in [-0.2, 0) is 16.6 Å². The van der Waals surface area contributed by atoms with E-state index >= 15 is 0 Å². The molecule has 2 aromatic rings. The molecule has 5 heteroatoms. The van der Waals surface area contributed by atoms with Crippen molar-refractivity contribution in [2.75, 3.05) is 13.7 Å². The first-order chi connectivity index (χ1) is 7.72. The molecule has 2 rings (SSSR count). The summed E-state index contributed by atoms with van der Waals surface area (Å²) in [7, 11) is 3.18. The lowest BCUT2D eigenvalue weighted by molar-refractivity contribution is -0.142. The van der Waals surface area contributed by atoms with Crippen LogP contribution in [0.1, 0.15) is 0 Å². The molecule has 0 saturated heterocycles. The van der Waals surface area contributed by atoms with E-state index in [1.165, 1.54) is 7.11 Å². The minimum absolute atomic E-state index is 0.0928. The molecule has 0 N–H and O–H groups in total. The quantitative estimate of drug-likeness (QED) is 0.727. The molecule has 0 amide bonds. The van der Waals surface area contributed by atoms with E-state index in [0.29, 0.717) is 5.75 Å². The Morgan fingerprint density at radius 3 is 3.06 bits per heavy atom. The summed E-state index contributed by atoms with van der Waals surface area (Å²) in [5.74, 6) is 0.233. The Morgan fingerprint density at radius 1 is 1.50 bits per heavy atom. The van der Waals surface area contributed by atoms with Gasteiger partial charge in [0, 0.05) is 7.05 Å². The summed E-state index contributed by atoms with van der Waals surface area (Å²) >= 11 is 0. The number of aryl methyl sites for hydroxylation is 1. The van der Waals surface area contributed by atoms with Crippen LogP contribution in [0.2, 0.25) is 0 Å². The van der Waals surface area contributed by atoms with Crippen molar-refractivity contribution < 1.29 is 14.3 Å². The Kier molecular flexibility index (Phi) is 2.76. The molecule has 0 fully saturated rings. The molecular weight excluding hydrogens is 208 g/mol. The van der Waals surface area contributed by atoms with Gasteiger partial charge in [0.1, 0.15) is 5.75 Å². The highest BCUT2D eigenvalue weighted by Crippen LogP contribution is 2.24. The van der Waals surface area contributed by atoms with Gasteiger partial charge in [-0.2, -0.15) is 5.10 Å². The van der Waals surface area contributed by atoms with E-state index in [1.807, 2.05) is 19.2 Å². The van der Waals surface area contributed by atoms with Crippen molar-refractivity contribution in [2.24, 2.45) is 7.05 Å². The number of ether oxygens (including phenoxy) is 2. The lowest BCUT2D eigenvalue weighted by atomic mass is 10.2. The maximum absolute atomic E-state index is 11.0. The highest BCUT2D eigenvalue weighted by Gasteiger charge is 2.07. The van der Waals surface area contributed by atoms with Crippen LogP contribution in [0.4, 0.5) is 0 Å². The van der Waals surface area contributed by atoms with Gasteiger partial charge in [-0.3, -0.25) is 4.68 Å². The standard InChI is InChI=1S/C11H12N2O3/c1-13-9-4-3-5-10(8(9)6-12-13)16-7-11(14)15-2/h3-6H,7H2,1-2H3. The van der Waals surface area contributed by atoms with Crippen molar-refractivity contribution in [1.29, 1.82) is 0 Å². The number of aromatic nitrogens is 2. The molecular formula is C11H12N2O3. The van der Waals surface area contributed by atoms with Gasteiger partial charge in [-0.05, 0) is 12.1 Å². The second kappa shape index (κ2) is 4.22. The summed E-state index contributed by atoms with van der Waals surface area (Å²) < 4.78 is 11.6. The molecule has 0 saturated carbocycles. The second-order valence-corrected chi connectivity index (χ2v) is 3.32. The number of benzene rings is 1. The zero-order chi connectivity index (χ0) is 11.5. The van der Waals surface area contributed by atoms with Crippen LogP contribution in [0.25, 0.3) is 10.9 Å². The topological polar surface area (TPSA) is 53.4 Å². The van der Waals surface area contributed by atoms with Crippen molar-refractivity contribution in [3.63, 3.8) is 0 Å². The molecule has 1 aromatic carbocycles. The van der Waals surface area contributed by atoms with E-state index in [9.17, 15) is 4.79 Å². The van der Waals surface area contributed by atoms with Gasteiger partial charge >= 0.3 is 5.97 Å². The molecule has 1 aromatic heterocycles. The molecule has 16 heavy (non-hydrogen) atoms. The number of carbonyl (C=O) groups is 1. The number of carbonyl (C=O) groups excluding carboxylic acids is 1. The molecule has 0 radical (unpaired) electrons. The van der Waals surface area contributed by atoms with Gasteiger partial charge in [0.05, 0.1) is 24.2 Å². The first-order valence-electron chi connectivity index (χ1n) is 4.82. The summed E-state index contributed by atoms with van der Waals surface area (Å²) in [5, 5.41) is 5.01. The predicted molar refractivity (Wildman–Crippen MR) is 58.2 cm³/mol. The minimum Gasteiger partial charge on any atom is -0.481 e. The fraction of sp³-hybridized carbons (Fsp3) is 0.273. The van der Waals surface area contributed by atoms with Gasteiger partial charge in [0.2, 0.25) is 0 Å². The van der Waals surface area contributed by atoms with Gasteiger partial charge < -0.3 is 9.47 Å². The van der Waals surface area contributed by atoms with Gasteiger partial charge in [-0.1, -0.05) is 6.07 Å². The maximum atomic E-state index is 11.0. The number of methoxy groups -OCH3 is 1. The molecule has 5 nitrogen and oxygen atoms in total. The van der Waals surface area contributed by atoms with Crippen LogP contribution in [0.5, 0.6) is 5.75 Å². The van der Waals surface area contributed by atoms with Crippen LogP contribution < -0.4 is 4.74 Å². The van der Waals surface area contributed by atoms with E-state index in [2.05, 4.69) is 9.84 Å². The lowest BCUT2D eigenvalue weighted by Crippen LogP contribution is -2.12. The molecule has 0 aliphatic rings. The summed E-state index contributed by atoms with van der Waals surface area (Å²) in [5.41, 5.74) is 0.961. The fourth-order valence-electron chi connectivity index (χ4n) is 1.47. The fourth-order valence-corrected chi connectivity index (χ4v) is 1.47. The smallest absolute Gasteiger partial charge is 0.343 e. The van der Waals surface area contributed by atoms with Crippen molar-refractivity contribution in [2.45, 2.75) is 0 Å². The number of hydrogen-bond acceptors (Lipinski definition) is 4. The average molecular weight is 220 g/mol. The minimum atomic E-state index is -0.402. The van der Waals surface area contributed by atoms with E-state index in [0.717, 1.165) is 10.9 Å². The van der Waals surface area contributed by atoms with Crippen molar-refractivity contribution in [1.82, 2.24) is 9.78 Å². The van der Waals surface area contributed by atoms with E-state index in [1.54, 1.807) is 16.9 Å². The number of fused-ring (bicyclic) bond motifs is 1. The molecule has 0 bridgehead atoms. The molecule has 0 spiro atoms. The van der Waals surface area contributed by atoms with Gasteiger partial charge in [-0.15, -0.1) is 0 Å². The summed E-state index contributed by atoms with van der Waals surface area (Å²) in [6, 6.07) is 5.59. The van der Waals surface area contributed by atoms with Crippen molar-refractivity contribution in [3.05, 3.63) is 24.4 Å². The maximum Gasteiger partial charge on any atom is 0.343 e. The molecule has 0 aliphatic heterocycles. The Balaban J connectivity index is 2.27. The molecule has 84 valence electrons. The van der Waals surface area contributed by atoms with Crippen molar-refractivity contribution >= 4 is 16.9 Å². The largest absolute Gasteiger partial charge is 0.481 e. The van der Waals surface area contributed by atoms with E-state index < -0.39 is 5.97 Å². The van der Waals surface area contributed by atoms with Crippen LogP contribution in [0.3, 0.4) is 0 Å². The van der Waals surface area contributed by atoms with Gasteiger partial charge in [0.15, 0.2) is 6.61 Å². The predicted octanol–water partition coefficient (Wildman–Crippen LogP) is 1.13. The Bertz CT molecular complexity index is 519. The monoisotopic (exact) mass is 220 g/mol. The zero-order valence-electron chi connectivity index (χ0n) is 9.14. The third-order valence-electron chi connectivity index (χ3n) is 2.32. The molecule has 1 heterocycles. The first kappa shape index (κ1) is 10.5. The van der Waals surface area contributed by atoms with E-state index in [-0.39, 0.29) is 6.61 Å². The molecule has 0 aliphatic carbocycles. The SMILES string of the molecule is COC(=O)COc1cccc2c1cnn2C. The third kappa shape index (κ3) is 1.84. The Morgan fingerprint density at radius 2 is 2.31 bits per heavy atom. The summed E-state index contributed by atoms with van der Waals surface area (Å²) in [6.45, 7) is -0.0928. The normalized spacial score (nSPS) is 10.4. The number of rotatable bonds is 3. The number of esters is 1. The lowest BCUT2D eigenvalue weighted by Gasteiger charge is -2.05. The van der Waals surface area contributed by atoms with Crippen LogP contribution in [-0.4, -0.2) is 29.5 Å². The zero-order valence-corrected chi connectivity index (χ0v) is 9.14. The highest BCUT2D eigenvalue weighted by molar-refractivity contribution is 5.85. The van der Waals surface area contributed by atoms with Crippen molar-refractivity contribution in [3.8, 4) is 5.75 Å². The van der Waals surface area contributed by atoms with E-state index in [4.69, 9.17) is 4.74 Å². The summed E-state index contributed by atoms with van der Waals surface area (Å²) in [6.07, 6.45) is 1.71. The Hall–Kier alpha value is -2.04. The van der Waals surface area contributed by atoms with Gasteiger partial charge in [-0.25, -0.2) is 4.79 Å². The molecule has 0 atom stereocenters. The Labute approximate surface area is 92.6 Å². The average Bonchev–Trinajstić information content (AvgIpc) is 2.69. The van der Waals surface area contributed by atoms with Crippen LogP contribution in [0.15, 0.2) is 24.4 Å². The number of nitrogens with zero attached hydrogens (tertiary/aromatic N) is 2. The first-order valence-corrected chi connectivity index (χ1v) is 4.82. The third-order valence-corrected chi connectivity index (χ3v) is 2.32. The number of hydrogen-bond donors (Lipinski definition) is 0. The van der Waals surface area contributed by atoms with Gasteiger partial charge in [0.25, 0.3) is 0 Å². The van der Waals surface area contributed by atoms with Crippen LogP contribution >= 0.6 is 0 Å². The molecule has 0 unspecified atom stereocenters. The highest BCUT2D eigenvalue weighted by atomic mass is 16.6. The second-order valence-electron chi connectivity index (χ2n) is 3.32.